The molecule has 0 spiro atoms. The summed E-state index contributed by atoms with van der Waals surface area (Å²) in [6.45, 7) is 7.44. The lowest BCUT2D eigenvalue weighted by molar-refractivity contribution is -0.123. The monoisotopic (exact) mass is 378 g/mol. The van der Waals surface area contributed by atoms with E-state index in [4.69, 9.17) is 0 Å². The van der Waals surface area contributed by atoms with Crippen LogP contribution in [0, 0.1) is 5.92 Å². The first kappa shape index (κ1) is 20.1. The highest BCUT2D eigenvalue weighted by atomic mass is 16.2. The predicted octanol–water partition coefficient (Wildman–Crippen LogP) is 4.43. The summed E-state index contributed by atoms with van der Waals surface area (Å²) in [6, 6.07) is 16.1. The maximum absolute atomic E-state index is 12.7. The Hall–Kier alpha value is -2.62. The molecule has 0 aliphatic carbocycles. The van der Waals surface area contributed by atoms with E-state index in [1.165, 1.54) is 5.56 Å². The SMILES string of the molecule is CCC(C(=O)NCc1ccc2c(c1)CCN2C(=O)CC(C)C)c1ccccc1. The number of anilines is 1. The van der Waals surface area contributed by atoms with Crippen molar-refractivity contribution in [1.29, 1.82) is 0 Å². The number of benzene rings is 2. The molecule has 2 aromatic rings. The molecule has 2 amide bonds. The molecule has 4 heteroatoms. The van der Waals surface area contributed by atoms with E-state index in [2.05, 4.69) is 25.2 Å². The van der Waals surface area contributed by atoms with Crippen molar-refractivity contribution < 1.29 is 9.59 Å². The highest BCUT2D eigenvalue weighted by Crippen LogP contribution is 2.30. The fourth-order valence-corrected chi connectivity index (χ4v) is 3.85. The van der Waals surface area contributed by atoms with E-state index in [9.17, 15) is 9.59 Å². The number of hydrogen-bond donors (Lipinski definition) is 1. The van der Waals surface area contributed by atoms with Crippen molar-refractivity contribution in [2.45, 2.75) is 52.5 Å². The second-order valence-corrected chi connectivity index (χ2v) is 7.95. The third kappa shape index (κ3) is 4.61. The molecule has 28 heavy (non-hydrogen) atoms. The summed E-state index contributed by atoms with van der Waals surface area (Å²) in [5.41, 5.74) is 4.35. The molecule has 1 atom stereocenters. The maximum atomic E-state index is 12.7. The number of amides is 2. The van der Waals surface area contributed by atoms with Gasteiger partial charge in [-0.2, -0.15) is 0 Å². The van der Waals surface area contributed by atoms with Gasteiger partial charge in [-0.1, -0.05) is 63.2 Å². The number of nitrogens with one attached hydrogen (secondary N) is 1. The molecular formula is C24H30N2O2. The summed E-state index contributed by atoms with van der Waals surface area (Å²) >= 11 is 0. The van der Waals surface area contributed by atoms with Gasteiger partial charge in [0.2, 0.25) is 11.8 Å². The van der Waals surface area contributed by atoms with Crippen LogP contribution >= 0.6 is 0 Å². The zero-order chi connectivity index (χ0) is 20.1. The summed E-state index contributed by atoms with van der Waals surface area (Å²) in [4.78, 5) is 27.0. The maximum Gasteiger partial charge on any atom is 0.227 e. The van der Waals surface area contributed by atoms with Crippen LogP contribution in [-0.2, 0) is 22.6 Å². The molecule has 1 aliphatic rings. The van der Waals surface area contributed by atoms with Gasteiger partial charge in [-0.3, -0.25) is 9.59 Å². The highest BCUT2D eigenvalue weighted by Gasteiger charge is 2.25. The van der Waals surface area contributed by atoms with Gasteiger partial charge >= 0.3 is 0 Å². The molecule has 0 bridgehead atoms. The Labute approximate surface area is 167 Å². The number of rotatable bonds is 7. The van der Waals surface area contributed by atoms with Crippen LogP contribution in [-0.4, -0.2) is 18.4 Å². The lowest BCUT2D eigenvalue weighted by atomic mass is 9.95. The number of carbonyl (C=O) groups excluding carboxylic acids is 2. The van der Waals surface area contributed by atoms with E-state index in [1.54, 1.807) is 0 Å². The summed E-state index contributed by atoms with van der Waals surface area (Å²) in [5, 5.41) is 3.08. The topological polar surface area (TPSA) is 49.4 Å². The van der Waals surface area contributed by atoms with E-state index in [-0.39, 0.29) is 17.7 Å². The van der Waals surface area contributed by atoms with Crippen molar-refractivity contribution in [3.8, 4) is 0 Å². The molecule has 2 aromatic carbocycles. The molecule has 0 fully saturated rings. The third-order valence-electron chi connectivity index (χ3n) is 5.32. The summed E-state index contributed by atoms with van der Waals surface area (Å²) in [7, 11) is 0. The first-order chi connectivity index (χ1) is 13.5. The number of nitrogens with zero attached hydrogens (tertiary/aromatic N) is 1. The predicted molar refractivity (Wildman–Crippen MR) is 113 cm³/mol. The molecule has 0 radical (unpaired) electrons. The van der Waals surface area contributed by atoms with Crippen molar-refractivity contribution in [1.82, 2.24) is 5.32 Å². The Morgan fingerprint density at radius 1 is 1.11 bits per heavy atom. The van der Waals surface area contributed by atoms with Crippen LogP contribution in [0.1, 0.15) is 56.2 Å². The summed E-state index contributed by atoms with van der Waals surface area (Å²) in [6.07, 6.45) is 2.23. The second kappa shape index (κ2) is 9.05. The lowest BCUT2D eigenvalue weighted by Crippen LogP contribution is -2.29. The number of fused-ring (bicyclic) bond motifs is 1. The minimum absolute atomic E-state index is 0.0583. The molecule has 1 heterocycles. The molecule has 0 aromatic heterocycles. The van der Waals surface area contributed by atoms with E-state index in [1.807, 2.05) is 54.3 Å². The first-order valence-corrected chi connectivity index (χ1v) is 10.2. The van der Waals surface area contributed by atoms with Crippen LogP contribution < -0.4 is 10.2 Å². The Bertz CT molecular complexity index is 830. The van der Waals surface area contributed by atoms with Gasteiger partial charge in [-0.15, -0.1) is 0 Å². The molecular weight excluding hydrogens is 348 g/mol. The Morgan fingerprint density at radius 2 is 1.86 bits per heavy atom. The van der Waals surface area contributed by atoms with Gasteiger partial charge < -0.3 is 10.2 Å². The smallest absolute Gasteiger partial charge is 0.227 e. The molecule has 4 nitrogen and oxygen atoms in total. The van der Waals surface area contributed by atoms with Gasteiger partial charge in [0.1, 0.15) is 0 Å². The highest BCUT2D eigenvalue weighted by molar-refractivity contribution is 5.95. The molecule has 0 saturated carbocycles. The van der Waals surface area contributed by atoms with Crippen LogP contribution in [0.15, 0.2) is 48.5 Å². The van der Waals surface area contributed by atoms with Gasteiger partial charge in [0.15, 0.2) is 0 Å². The fraction of sp³-hybridized carbons (Fsp3) is 0.417. The minimum atomic E-state index is -0.125. The summed E-state index contributed by atoms with van der Waals surface area (Å²) < 4.78 is 0. The van der Waals surface area contributed by atoms with E-state index < -0.39 is 0 Å². The van der Waals surface area contributed by atoms with Crippen molar-refractivity contribution >= 4 is 17.5 Å². The Kier molecular flexibility index (Phi) is 6.50. The Morgan fingerprint density at radius 3 is 2.54 bits per heavy atom. The second-order valence-electron chi connectivity index (χ2n) is 7.95. The summed E-state index contributed by atoms with van der Waals surface area (Å²) in [5.74, 6) is 0.494. The van der Waals surface area contributed by atoms with Gasteiger partial charge in [0.25, 0.3) is 0 Å². The largest absolute Gasteiger partial charge is 0.351 e. The normalized spacial score (nSPS) is 14.1. The molecule has 1 aliphatic heterocycles. The van der Waals surface area contributed by atoms with Crippen LogP contribution in [0.2, 0.25) is 0 Å². The Balaban J connectivity index is 1.63. The van der Waals surface area contributed by atoms with Gasteiger partial charge in [0, 0.05) is 25.2 Å². The van der Waals surface area contributed by atoms with Crippen molar-refractivity contribution in [2.75, 3.05) is 11.4 Å². The lowest BCUT2D eigenvalue weighted by Gasteiger charge is -2.19. The third-order valence-corrected chi connectivity index (χ3v) is 5.32. The fourth-order valence-electron chi connectivity index (χ4n) is 3.85. The quantitative estimate of drug-likeness (QED) is 0.775. The molecule has 1 N–H and O–H groups in total. The van der Waals surface area contributed by atoms with Gasteiger partial charge in [-0.05, 0) is 41.5 Å². The van der Waals surface area contributed by atoms with Crippen LogP contribution in [0.25, 0.3) is 0 Å². The molecule has 0 saturated heterocycles. The minimum Gasteiger partial charge on any atom is -0.351 e. The molecule has 3 rings (SSSR count). The van der Waals surface area contributed by atoms with Crippen LogP contribution in [0.3, 0.4) is 0 Å². The zero-order valence-corrected chi connectivity index (χ0v) is 17.1. The average Bonchev–Trinajstić information content (AvgIpc) is 3.10. The number of hydrogen-bond acceptors (Lipinski definition) is 2. The molecule has 1 unspecified atom stereocenters. The number of carbonyl (C=O) groups is 2. The van der Waals surface area contributed by atoms with Crippen LogP contribution in [0.4, 0.5) is 5.69 Å². The average molecular weight is 379 g/mol. The van der Waals surface area contributed by atoms with Gasteiger partial charge in [-0.25, -0.2) is 0 Å². The van der Waals surface area contributed by atoms with E-state index in [0.29, 0.717) is 18.9 Å². The van der Waals surface area contributed by atoms with Crippen molar-refractivity contribution in [2.24, 2.45) is 5.92 Å². The van der Waals surface area contributed by atoms with E-state index >= 15 is 0 Å². The van der Waals surface area contributed by atoms with Crippen molar-refractivity contribution in [3.63, 3.8) is 0 Å². The standard InChI is InChI=1S/C24H30N2O2/c1-4-21(19-8-6-5-7-9-19)24(28)25-16-18-10-11-22-20(15-18)12-13-26(22)23(27)14-17(2)3/h5-11,15,17,21H,4,12-14,16H2,1-3H3,(H,25,28). The van der Waals surface area contributed by atoms with Crippen molar-refractivity contribution in [3.05, 3.63) is 65.2 Å². The molecule has 148 valence electrons. The zero-order valence-electron chi connectivity index (χ0n) is 17.1. The van der Waals surface area contributed by atoms with Gasteiger partial charge in [0.05, 0.1) is 5.92 Å². The first-order valence-electron chi connectivity index (χ1n) is 10.2. The van der Waals surface area contributed by atoms with Crippen LogP contribution in [0.5, 0.6) is 0 Å². The van der Waals surface area contributed by atoms with E-state index in [0.717, 1.165) is 36.2 Å².